The zero-order valence-corrected chi connectivity index (χ0v) is 40.8. The molecule has 36 heteroatoms. The quantitative estimate of drug-likeness (QED) is 0.0538. The number of aliphatic hydroxyl groups is 23. The summed E-state index contributed by atoms with van der Waals surface area (Å²) < 4.78 is 71.4. The normalized spacial score (nSPS) is 53.3. The molecule has 34 atom stereocenters. The highest BCUT2D eigenvalue weighted by atomic mass is 16.8. The van der Waals surface area contributed by atoms with Crippen molar-refractivity contribution in [1.82, 2.24) is 0 Å². The van der Waals surface area contributed by atoms with Gasteiger partial charge in [-0.15, -0.1) is 0 Å². The van der Waals surface area contributed by atoms with E-state index in [0.29, 0.717) is 0 Å². The molecule has 456 valence electrons. The summed E-state index contributed by atoms with van der Waals surface area (Å²) in [7, 11) is 0. The second-order valence-corrected chi connectivity index (χ2v) is 19.8. The Bertz CT molecular complexity index is 1830. The Labute approximate surface area is 439 Å². The largest absolute Gasteiger partial charge is 0.394 e. The zero-order chi connectivity index (χ0) is 57.4. The van der Waals surface area contributed by atoms with Gasteiger partial charge in [0.25, 0.3) is 0 Å². The Morgan fingerprint density at radius 1 is 0.256 bits per heavy atom. The molecule has 7 aliphatic rings. The van der Waals surface area contributed by atoms with Gasteiger partial charge < -0.3 is 179 Å². The highest BCUT2D eigenvalue weighted by Gasteiger charge is 2.59. The van der Waals surface area contributed by atoms with Gasteiger partial charge in [0.15, 0.2) is 37.7 Å². The molecule has 78 heavy (non-hydrogen) atoms. The van der Waals surface area contributed by atoms with Crippen molar-refractivity contribution < 1.29 is 179 Å². The van der Waals surface area contributed by atoms with E-state index in [1.807, 2.05) is 0 Å². The third-order valence-electron chi connectivity index (χ3n) is 14.5. The summed E-state index contributed by atoms with van der Waals surface area (Å²) >= 11 is 0. The molecule has 7 saturated heterocycles. The lowest BCUT2D eigenvalue weighted by atomic mass is 9.97. The zero-order valence-electron chi connectivity index (χ0n) is 40.8. The molecule has 0 aromatic carbocycles. The lowest BCUT2D eigenvalue weighted by Crippen LogP contribution is -2.64. The molecule has 0 aliphatic carbocycles. The molecule has 0 saturated carbocycles. The molecule has 7 heterocycles. The van der Waals surface area contributed by atoms with Crippen LogP contribution in [0.1, 0.15) is 0 Å². The molecule has 0 aromatic rings. The topological polar surface area (TPSA) is 585 Å². The maximum Gasteiger partial charge on any atom is 0.224 e. The lowest BCUT2D eigenvalue weighted by molar-refractivity contribution is -0.388. The first kappa shape index (κ1) is 64.1. The number of rotatable bonds is 20. The van der Waals surface area contributed by atoms with Gasteiger partial charge in [-0.2, -0.15) is 0 Å². The molecular formula is C42H72O36. The molecule has 36 nitrogen and oxygen atoms in total. The van der Waals surface area contributed by atoms with Crippen molar-refractivity contribution in [2.75, 3.05) is 52.9 Å². The third kappa shape index (κ3) is 13.2. The smallest absolute Gasteiger partial charge is 0.224 e. The third-order valence-corrected chi connectivity index (χ3v) is 14.5. The standard InChI is InChI=1S/C42H72O36/c43-1-9-16(46)23(53)29(59)36(71-9)66-3-11-17(47)24(54)30(60)37(72-11)67-4-12-18(48)25(55)31(61)38(73-12)68-5-13-19(49)26(56)32(62)39(74-13)69-6-14-20(50)27(57)33(63)40(75-14)70-7-15-21(51)28(58)34(64)41(76-15)78-42(8-45)35(65)22(52)10(2-44)77-42/h9-41,43-65H,1-8H2. The molecule has 7 fully saturated rings. The Morgan fingerprint density at radius 2 is 0.487 bits per heavy atom. The maximum atomic E-state index is 10.8. The number of ether oxygens (including phenoxy) is 13. The van der Waals surface area contributed by atoms with E-state index in [-0.39, 0.29) is 0 Å². The van der Waals surface area contributed by atoms with Crippen molar-refractivity contribution in [3.05, 3.63) is 0 Å². The van der Waals surface area contributed by atoms with E-state index in [2.05, 4.69) is 0 Å². The maximum absolute atomic E-state index is 10.8. The Morgan fingerprint density at radius 3 is 0.731 bits per heavy atom. The summed E-state index contributed by atoms with van der Waals surface area (Å²) in [4.78, 5) is 0. The van der Waals surface area contributed by atoms with Crippen molar-refractivity contribution >= 4 is 0 Å². The van der Waals surface area contributed by atoms with Gasteiger partial charge >= 0.3 is 0 Å². The van der Waals surface area contributed by atoms with Crippen molar-refractivity contribution in [3.63, 3.8) is 0 Å². The number of hydrogen-bond acceptors (Lipinski definition) is 36. The van der Waals surface area contributed by atoms with Crippen LogP contribution in [0.2, 0.25) is 0 Å². The van der Waals surface area contributed by atoms with Gasteiger partial charge in [-0.1, -0.05) is 0 Å². The Kier molecular flexibility index (Phi) is 22.3. The molecule has 0 aromatic heterocycles. The van der Waals surface area contributed by atoms with Crippen LogP contribution in [0.25, 0.3) is 0 Å². The average Bonchev–Trinajstić information content (AvgIpc) is 3.73. The second-order valence-electron chi connectivity index (χ2n) is 19.8. The molecule has 23 N–H and O–H groups in total. The highest BCUT2D eigenvalue weighted by molar-refractivity contribution is 5.00. The summed E-state index contributed by atoms with van der Waals surface area (Å²) in [5, 5.41) is 241. The van der Waals surface area contributed by atoms with Crippen LogP contribution in [0, 0.1) is 0 Å². The molecule has 0 spiro atoms. The molecule has 7 rings (SSSR count). The summed E-state index contributed by atoms with van der Waals surface area (Å²) in [5.74, 6) is -2.52. The summed E-state index contributed by atoms with van der Waals surface area (Å²) in [6.07, 6.45) is -61.7. The Balaban J connectivity index is 0.913. The van der Waals surface area contributed by atoms with Gasteiger partial charge in [0.05, 0.1) is 46.2 Å². The summed E-state index contributed by atoms with van der Waals surface area (Å²) in [6.45, 7) is -6.88. The average molecular weight is 1150 g/mol. The summed E-state index contributed by atoms with van der Waals surface area (Å²) in [6, 6.07) is 0. The van der Waals surface area contributed by atoms with Crippen LogP contribution in [0.15, 0.2) is 0 Å². The van der Waals surface area contributed by atoms with Crippen molar-refractivity contribution in [2.24, 2.45) is 0 Å². The second kappa shape index (κ2) is 27.1. The van der Waals surface area contributed by atoms with E-state index >= 15 is 0 Å². The number of hydrogen-bond donors (Lipinski definition) is 23. The van der Waals surface area contributed by atoms with Crippen LogP contribution in [0.5, 0.6) is 0 Å². The number of aliphatic hydroxyl groups excluding tert-OH is 23. The predicted molar refractivity (Wildman–Crippen MR) is 232 cm³/mol. The van der Waals surface area contributed by atoms with Crippen LogP contribution >= 0.6 is 0 Å². The van der Waals surface area contributed by atoms with E-state index in [9.17, 15) is 117 Å². The molecule has 0 radical (unpaired) electrons. The first-order valence-corrected chi connectivity index (χ1v) is 24.6. The van der Waals surface area contributed by atoms with Gasteiger partial charge in [-0.25, -0.2) is 0 Å². The molecule has 0 amide bonds. The van der Waals surface area contributed by atoms with Gasteiger partial charge in [-0.3, -0.25) is 0 Å². The predicted octanol–water partition coefficient (Wildman–Crippen LogP) is -16.3. The minimum atomic E-state index is -2.52. The van der Waals surface area contributed by atoms with Crippen LogP contribution in [-0.4, -0.2) is 379 Å². The van der Waals surface area contributed by atoms with E-state index in [4.69, 9.17) is 61.6 Å². The van der Waals surface area contributed by atoms with Gasteiger partial charge in [0.2, 0.25) is 5.79 Å². The van der Waals surface area contributed by atoms with Crippen LogP contribution < -0.4 is 0 Å². The Hall–Kier alpha value is -1.44. The van der Waals surface area contributed by atoms with Crippen molar-refractivity contribution in [1.29, 1.82) is 0 Å². The highest BCUT2D eigenvalue weighted by Crippen LogP contribution is 2.37. The first-order chi connectivity index (χ1) is 36.8. The van der Waals surface area contributed by atoms with Crippen LogP contribution in [0.3, 0.4) is 0 Å². The summed E-state index contributed by atoms with van der Waals surface area (Å²) in [5.41, 5.74) is 0. The monoisotopic (exact) mass is 1150 g/mol. The molecular weight excluding hydrogens is 1080 g/mol. The van der Waals surface area contributed by atoms with E-state index in [0.717, 1.165) is 0 Å². The minimum Gasteiger partial charge on any atom is -0.394 e. The fraction of sp³-hybridized carbons (Fsp3) is 1.00. The van der Waals surface area contributed by atoms with Gasteiger partial charge in [-0.05, 0) is 0 Å². The van der Waals surface area contributed by atoms with E-state index in [1.54, 1.807) is 0 Å². The minimum absolute atomic E-state index is 0.715. The first-order valence-electron chi connectivity index (χ1n) is 24.6. The van der Waals surface area contributed by atoms with Crippen molar-refractivity contribution in [3.8, 4) is 0 Å². The fourth-order valence-corrected chi connectivity index (χ4v) is 9.54. The van der Waals surface area contributed by atoms with Gasteiger partial charge in [0, 0.05) is 0 Å². The van der Waals surface area contributed by atoms with Gasteiger partial charge in [0.1, 0.15) is 171 Å². The van der Waals surface area contributed by atoms with E-state index < -0.39 is 261 Å². The van der Waals surface area contributed by atoms with Crippen LogP contribution in [0.4, 0.5) is 0 Å². The SMILES string of the molecule is OCC1OC(OCC2OC(OCC3OC(OCC4OC(OCC5OC(OCC6OC(OC7(CO)OC(CO)C(O)C7O)C(O)C(O)C6O)C(O)C(O)C5O)C(O)C(O)C4O)C(O)C(O)C3O)C(O)C(O)C2O)C(O)C(O)C1O. The molecule has 7 aliphatic heterocycles. The fourth-order valence-electron chi connectivity index (χ4n) is 9.54. The molecule has 34 unspecified atom stereocenters. The molecule has 0 bridgehead atoms. The van der Waals surface area contributed by atoms with E-state index in [1.165, 1.54) is 0 Å². The lowest BCUT2D eigenvalue weighted by Gasteiger charge is -2.45. The van der Waals surface area contributed by atoms with Crippen molar-refractivity contribution in [2.45, 2.75) is 208 Å². The van der Waals surface area contributed by atoms with Crippen LogP contribution in [-0.2, 0) is 61.6 Å².